The predicted molar refractivity (Wildman–Crippen MR) is 88.3 cm³/mol. The lowest BCUT2D eigenvalue weighted by molar-refractivity contribution is -0.707. The Kier molecular flexibility index (Phi) is 7.20. The summed E-state index contributed by atoms with van der Waals surface area (Å²) >= 11 is 0. The second-order valence-electron chi connectivity index (χ2n) is 6.19. The van der Waals surface area contributed by atoms with E-state index >= 15 is 0 Å². The third-order valence-corrected chi connectivity index (χ3v) is 4.11. The lowest BCUT2D eigenvalue weighted by atomic mass is 10.3. The van der Waals surface area contributed by atoms with Crippen LogP contribution in [-0.2, 0) is 26.2 Å². The Hall–Kier alpha value is -1.58. The standard InChI is InChI=1S/C18H32N4/c1-3-5-9-19-13-15-21(17-19)11-7-8-12-22-16-14-20(18-22)10-6-4-2/h13-18H,3-12H2,1-2H3/q+2. The molecule has 0 fully saturated rings. The van der Waals surface area contributed by atoms with E-state index < -0.39 is 0 Å². The smallest absolute Gasteiger partial charge is 0.237 e. The summed E-state index contributed by atoms with van der Waals surface area (Å²) in [5.41, 5.74) is 0. The summed E-state index contributed by atoms with van der Waals surface area (Å²) in [6, 6.07) is 0. The summed E-state index contributed by atoms with van der Waals surface area (Å²) in [6.45, 7) is 9.01. The number of hydrogen-bond acceptors (Lipinski definition) is 0. The molecule has 0 aliphatic heterocycles. The van der Waals surface area contributed by atoms with Crippen LogP contribution in [0.4, 0.5) is 0 Å². The van der Waals surface area contributed by atoms with Crippen molar-refractivity contribution in [2.24, 2.45) is 0 Å². The van der Waals surface area contributed by atoms with E-state index in [4.69, 9.17) is 0 Å². The Morgan fingerprint density at radius 3 is 1.55 bits per heavy atom. The molecule has 2 aromatic rings. The highest BCUT2D eigenvalue weighted by molar-refractivity contribution is 4.66. The van der Waals surface area contributed by atoms with Gasteiger partial charge in [0.2, 0.25) is 12.7 Å². The van der Waals surface area contributed by atoms with Gasteiger partial charge in [-0.05, 0) is 25.7 Å². The maximum absolute atomic E-state index is 2.31. The van der Waals surface area contributed by atoms with Crippen LogP contribution < -0.4 is 9.13 Å². The molecule has 4 nitrogen and oxygen atoms in total. The average Bonchev–Trinajstić information content (AvgIpc) is 3.17. The van der Waals surface area contributed by atoms with Crippen LogP contribution >= 0.6 is 0 Å². The summed E-state index contributed by atoms with van der Waals surface area (Å²) in [5, 5.41) is 0. The number of nitrogens with zero attached hydrogens (tertiary/aromatic N) is 4. The summed E-state index contributed by atoms with van der Waals surface area (Å²) in [6.07, 6.45) is 20.8. The van der Waals surface area contributed by atoms with Crippen molar-refractivity contribution in [2.75, 3.05) is 0 Å². The lowest BCUT2D eigenvalue weighted by Crippen LogP contribution is -2.34. The van der Waals surface area contributed by atoms with E-state index in [1.54, 1.807) is 0 Å². The molecule has 0 spiro atoms. The second kappa shape index (κ2) is 9.44. The van der Waals surface area contributed by atoms with Gasteiger partial charge in [0.15, 0.2) is 0 Å². The maximum Gasteiger partial charge on any atom is 0.243 e. The van der Waals surface area contributed by atoms with E-state index in [9.17, 15) is 0 Å². The zero-order valence-corrected chi connectivity index (χ0v) is 14.3. The SMILES string of the molecule is CCCCn1cc[n+](CCCC[n+]2ccn(CCCC)c2)c1. The Balaban J connectivity index is 1.64. The molecule has 0 saturated heterocycles. The van der Waals surface area contributed by atoms with Crippen LogP contribution in [0.1, 0.15) is 52.4 Å². The summed E-state index contributed by atoms with van der Waals surface area (Å²) < 4.78 is 9.22. The maximum atomic E-state index is 2.31. The number of aromatic nitrogens is 4. The van der Waals surface area contributed by atoms with Crippen LogP contribution in [0.3, 0.4) is 0 Å². The number of imidazole rings is 2. The van der Waals surface area contributed by atoms with Crippen LogP contribution in [0.5, 0.6) is 0 Å². The topological polar surface area (TPSA) is 17.6 Å². The molecule has 0 bridgehead atoms. The third-order valence-electron chi connectivity index (χ3n) is 4.11. The Morgan fingerprint density at radius 1 is 0.682 bits per heavy atom. The number of unbranched alkanes of at least 4 members (excludes halogenated alkanes) is 3. The first-order valence-corrected chi connectivity index (χ1v) is 8.91. The minimum atomic E-state index is 1.12. The van der Waals surface area contributed by atoms with E-state index in [0.717, 1.165) is 26.2 Å². The highest BCUT2D eigenvalue weighted by atomic mass is 15.1. The Morgan fingerprint density at radius 2 is 1.14 bits per heavy atom. The molecule has 0 aromatic carbocycles. The minimum absolute atomic E-state index is 1.12. The van der Waals surface area contributed by atoms with Crippen molar-refractivity contribution >= 4 is 0 Å². The fourth-order valence-electron chi connectivity index (χ4n) is 2.68. The van der Waals surface area contributed by atoms with Gasteiger partial charge in [-0.1, -0.05) is 26.7 Å². The molecular weight excluding hydrogens is 272 g/mol. The molecule has 0 unspecified atom stereocenters. The van der Waals surface area contributed by atoms with Crippen molar-refractivity contribution in [3.8, 4) is 0 Å². The molecule has 0 atom stereocenters. The normalized spacial score (nSPS) is 11.2. The molecule has 0 N–H and O–H groups in total. The van der Waals surface area contributed by atoms with Gasteiger partial charge in [-0.15, -0.1) is 0 Å². The quantitative estimate of drug-likeness (QED) is 0.449. The van der Waals surface area contributed by atoms with Crippen LogP contribution in [-0.4, -0.2) is 9.13 Å². The van der Waals surface area contributed by atoms with Gasteiger partial charge >= 0.3 is 0 Å². The van der Waals surface area contributed by atoms with Gasteiger partial charge < -0.3 is 0 Å². The van der Waals surface area contributed by atoms with Gasteiger partial charge in [-0.25, -0.2) is 18.3 Å². The molecular formula is C18H32N4+2. The third kappa shape index (κ3) is 5.66. The Labute approximate surface area is 135 Å². The van der Waals surface area contributed by atoms with E-state index in [2.05, 4.69) is 69.6 Å². The number of rotatable bonds is 11. The molecule has 2 heterocycles. The molecule has 22 heavy (non-hydrogen) atoms. The van der Waals surface area contributed by atoms with Crippen molar-refractivity contribution in [3.05, 3.63) is 37.4 Å². The van der Waals surface area contributed by atoms with Crippen LogP contribution in [0, 0.1) is 0 Å². The van der Waals surface area contributed by atoms with E-state index in [1.165, 1.54) is 38.5 Å². The minimum Gasteiger partial charge on any atom is -0.237 e. The predicted octanol–water partition coefficient (Wildman–Crippen LogP) is 2.95. The van der Waals surface area contributed by atoms with Crippen molar-refractivity contribution in [3.63, 3.8) is 0 Å². The van der Waals surface area contributed by atoms with E-state index in [0.29, 0.717) is 0 Å². The highest BCUT2D eigenvalue weighted by Gasteiger charge is 2.05. The zero-order valence-electron chi connectivity index (χ0n) is 14.3. The monoisotopic (exact) mass is 304 g/mol. The Bertz CT molecular complexity index is 478. The van der Waals surface area contributed by atoms with Gasteiger partial charge in [-0.2, -0.15) is 0 Å². The van der Waals surface area contributed by atoms with Crippen LogP contribution in [0.25, 0.3) is 0 Å². The van der Waals surface area contributed by atoms with Gasteiger partial charge in [-0.3, -0.25) is 0 Å². The van der Waals surface area contributed by atoms with Crippen molar-refractivity contribution in [2.45, 2.75) is 78.6 Å². The van der Waals surface area contributed by atoms with Gasteiger partial charge in [0, 0.05) is 0 Å². The van der Waals surface area contributed by atoms with Crippen LogP contribution in [0.15, 0.2) is 37.4 Å². The van der Waals surface area contributed by atoms with Crippen molar-refractivity contribution < 1.29 is 9.13 Å². The first-order valence-electron chi connectivity index (χ1n) is 8.91. The van der Waals surface area contributed by atoms with Gasteiger partial charge in [0.1, 0.15) is 24.8 Å². The summed E-state index contributed by atoms with van der Waals surface area (Å²) in [7, 11) is 0. The molecule has 122 valence electrons. The van der Waals surface area contributed by atoms with Crippen molar-refractivity contribution in [1.29, 1.82) is 0 Å². The van der Waals surface area contributed by atoms with Crippen molar-refractivity contribution in [1.82, 2.24) is 9.13 Å². The highest BCUT2D eigenvalue weighted by Crippen LogP contribution is 1.96. The van der Waals surface area contributed by atoms with E-state index in [1.807, 2.05) is 0 Å². The van der Waals surface area contributed by atoms with Gasteiger partial charge in [0.25, 0.3) is 0 Å². The lowest BCUT2D eigenvalue weighted by Gasteiger charge is -1.97. The fourth-order valence-corrected chi connectivity index (χ4v) is 2.68. The first kappa shape index (κ1) is 16.8. The molecule has 0 saturated carbocycles. The summed E-state index contributed by atoms with van der Waals surface area (Å²) in [4.78, 5) is 0. The molecule has 0 aliphatic rings. The molecule has 4 heteroatoms. The molecule has 2 rings (SSSR count). The molecule has 2 aromatic heterocycles. The second-order valence-corrected chi connectivity index (χ2v) is 6.19. The molecule has 0 amide bonds. The number of hydrogen-bond donors (Lipinski definition) is 0. The zero-order chi connectivity index (χ0) is 15.6. The number of aryl methyl sites for hydroxylation is 4. The van der Waals surface area contributed by atoms with E-state index in [-0.39, 0.29) is 0 Å². The molecule has 0 radical (unpaired) electrons. The first-order chi connectivity index (χ1) is 10.8. The van der Waals surface area contributed by atoms with Gasteiger partial charge in [0.05, 0.1) is 26.2 Å². The largest absolute Gasteiger partial charge is 0.243 e. The fraction of sp³-hybridized carbons (Fsp3) is 0.667. The summed E-state index contributed by atoms with van der Waals surface area (Å²) in [5.74, 6) is 0. The average molecular weight is 304 g/mol. The molecule has 0 aliphatic carbocycles. The van der Waals surface area contributed by atoms with Crippen LogP contribution in [0.2, 0.25) is 0 Å².